The van der Waals surface area contributed by atoms with Gasteiger partial charge in [0, 0.05) is 30.5 Å². The minimum atomic E-state index is -1.04. The summed E-state index contributed by atoms with van der Waals surface area (Å²) in [6, 6.07) is 3.35. The summed E-state index contributed by atoms with van der Waals surface area (Å²) >= 11 is 0. The highest BCUT2D eigenvalue weighted by molar-refractivity contribution is 5.88. The van der Waals surface area contributed by atoms with Crippen molar-refractivity contribution >= 4 is 22.7 Å². The standard InChI is InChI=1S/C28H39N5O5/c1-5-19(6-2)37-22-11-17-10-21(38-26(17)15(4)30-22)23-14(3)31-28(29-12-16-7-8-16)33-27(23)32-20-9-18(13-34)24(35)25(20)36/h10-11,16,18-20,24-25,34-36H,5-9,12-13H2,1-4H3,(H2,29,31,32,33). The van der Waals surface area contributed by atoms with Crippen molar-refractivity contribution in [2.45, 2.75) is 84.2 Å². The second kappa shape index (κ2) is 11.0. The number of anilines is 2. The van der Waals surface area contributed by atoms with E-state index in [1.165, 1.54) is 12.8 Å². The van der Waals surface area contributed by atoms with E-state index in [9.17, 15) is 15.3 Å². The van der Waals surface area contributed by atoms with E-state index in [1.54, 1.807) is 0 Å². The summed E-state index contributed by atoms with van der Waals surface area (Å²) in [4.78, 5) is 14.1. The molecule has 5 rings (SSSR count). The molecule has 10 nitrogen and oxygen atoms in total. The second-order valence-corrected chi connectivity index (χ2v) is 10.7. The van der Waals surface area contributed by atoms with Crippen LogP contribution in [0.2, 0.25) is 0 Å². The van der Waals surface area contributed by atoms with Gasteiger partial charge in [-0.1, -0.05) is 13.8 Å². The molecule has 3 heterocycles. The summed E-state index contributed by atoms with van der Waals surface area (Å²) < 4.78 is 12.4. The van der Waals surface area contributed by atoms with Gasteiger partial charge in [0.1, 0.15) is 17.7 Å². The Kier molecular flexibility index (Phi) is 7.74. The monoisotopic (exact) mass is 525 g/mol. The van der Waals surface area contributed by atoms with Gasteiger partial charge in [0.05, 0.1) is 35.2 Å². The van der Waals surface area contributed by atoms with Crippen molar-refractivity contribution in [1.29, 1.82) is 0 Å². The van der Waals surface area contributed by atoms with Crippen LogP contribution in [0.5, 0.6) is 5.88 Å². The first kappa shape index (κ1) is 26.6. The average Bonchev–Trinajstić information content (AvgIpc) is 3.57. The van der Waals surface area contributed by atoms with E-state index in [-0.39, 0.29) is 12.7 Å². The van der Waals surface area contributed by atoms with E-state index in [4.69, 9.17) is 19.1 Å². The Labute approximate surface area is 222 Å². The molecule has 3 aromatic heterocycles. The van der Waals surface area contributed by atoms with Gasteiger partial charge in [0.2, 0.25) is 11.8 Å². The molecule has 38 heavy (non-hydrogen) atoms. The Morgan fingerprint density at radius 2 is 1.82 bits per heavy atom. The van der Waals surface area contributed by atoms with E-state index >= 15 is 0 Å². The molecule has 206 valence electrons. The first-order chi connectivity index (χ1) is 18.3. The summed E-state index contributed by atoms with van der Waals surface area (Å²) in [6.45, 7) is 8.61. The second-order valence-electron chi connectivity index (χ2n) is 10.7. The van der Waals surface area contributed by atoms with Crippen molar-refractivity contribution in [2.24, 2.45) is 11.8 Å². The highest BCUT2D eigenvalue weighted by Crippen LogP contribution is 2.38. The number of aliphatic hydroxyl groups is 3. The van der Waals surface area contributed by atoms with Crippen molar-refractivity contribution < 1.29 is 24.5 Å². The Bertz CT molecular complexity index is 1270. The molecule has 5 N–H and O–H groups in total. The van der Waals surface area contributed by atoms with Crippen molar-refractivity contribution in [3.05, 3.63) is 23.5 Å². The van der Waals surface area contributed by atoms with E-state index in [0.717, 1.165) is 30.5 Å². The molecule has 0 radical (unpaired) electrons. The third kappa shape index (κ3) is 5.43. The van der Waals surface area contributed by atoms with Crippen LogP contribution in [0.3, 0.4) is 0 Å². The molecule has 2 fully saturated rings. The predicted octanol–water partition coefficient (Wildman–Crippen LogP) is 3.81. The minimum Gasteiger partial charge on any atom is -0.474 e. The largest absolute Gasteiger partial charge is 0.474 e. The number of fused-ring (bicyclic) bond motifs is 1. The van der Waals surface area contributed by atoms with Crippen LogP contribution in [0.25, 0.3) is 22.3 Å². The van der Waals surface area contributed by atoms with Crippen molar-refractivity contribution in [2.75, 3.05) is 23.8 Å². The number of aromatic nitrogens is 3. The SMILES string of the molecule is CCC(CC)Oc1cc2cc(-c3c(C)nc(NCC4CC4)nc3NC3CC(CO)C(O)C3O)oc2c(C)n1. The molecule has 0 amide bonds. The maximum absolute atomic E-state index is 10.7. The molecule has 10 heteroatoms. The van der Waals surface area contributed by atoms with Crippen LogP contribution < -0.4 is 15.4 Å². The topological polar surface area (TPSA) is 146 Å². The lowest BCUT2D eigenvalue weighted by atomic mass is 10.1. The molecule has 0 saturated heterocycles. The summed E-state index contributed by atoms with van der Waals surface area (Å²) in [5, 5.41) is 38.2. The van der Waals surface area contributed by atoms with Crippen molar-refractivity contribution in [3.63, 3.8) is 0 Å². The highest BCUT2D eigenvalue weighted by atomic mass is 16.5. The van der Waals surface area contributed by atoms with E-state index < -0.39 is 24.2 Å². The normalized spacial score (nSPS) is 23.4. The van der Waals surface area contributed by atoms with Gasteiger partial charge in [-0.25, -0.2) is 9.97 Å². The summed E-state index contributed by atoms with van der Waals surface area (Å²) in [5.74, 6) is 2.39. The molecule has 0 bridgehead atoms. The number of furan rings is 1. The van der Waals surface area contributed by atoms with Crippen LogP contribution in [-0.4, -0.2) is 67.8 Å². The molecule has 4 unspecified atom stereocenters. The molecule has 2 aliphatic rings. The number of nitrogens with zero attached hydrogens (tertiary/aromatic N) is 3. The van der Waals surface area contributed by atoms with E-state index in [2.05, 4.69) is 29.5 Å². The molecule has 0 spiro atoms. The van der Waals surface area contributed by atoms with Crippen LogP contribution in [0.4, 0.5) is 11.8 Å². The van der Waals surface area contributed by atoms with Gasteiger partial charge < -0.3 is 35.1 Å². The fraction of sp³-hybridized carbons (Fsp3) is 0.607. The number of hydrogen-bond donors (Lipinski definition) is 5. The molecular formula is C28H39N5O5. The van der Waals surface area contributed by atoms with Crippen molar-refractivity contribution in [1.82, 2.24) is 15.0 Å². The van der Waals surface area contributed by atoms with Gasteiger partial charge >= 0.3 is 0 Å². The lowest BCUT2D eigenvalue weighted by Gasteiger charge is -2.21. The third-order valence-corrected chi connectivity index (χ3v) is 7.78. The van der Waals surface area contributed by atoms with Gasteiger partial charge in [-0.3, -0.25) is 0 Å². The van der Waals surface area contributed by atoms with Gasteiger partial charge in [0.15, 0.2) is 5.58 Å². The zero-order valence-electron chi connectivity index (χ0n) is 22.6. The van der Waals surface area contributed by atoms with Gasteiger partial charge in [0.25, 0.3) is 0 Å². The predicted molar refractivity (Wildman–Crippen MR) is 145 cm³/mol. The maximum Gasteiger partial charge on any atom is 0.224 e. The van der Waals surface area contributed by atoms with Gasteiger partial charge in [-0.2, -0.15) is 4.98 Å². The van der Waals surface area contributed by atoms with Crippen LogP contribution in [0, 0.1) is 25.7 Å². The molecule has 2 aliphatic carbocycles. The molecule has 3 aromatic rings. The van der Waals surface area contributed by atoms with Crippen molar-refractivity contribution in [3.8, 4) is 17.2 Å². The number of pyridine rings is 1. The summed E-state index contributed by atoms with van der Waals surface area (Å²) in [6.07, 6.45) is 2.68. The molecule has 0 aliphatic heterocycles. The van der Waals surface area contributed by atoms with Gasteiger partial charge in [-0.05, 0) is 57.9 Å². The third-order valence-electron chi connectivity index (χ3n) is 7.78. The fourth-order valence-corrected chi connectivity index (χ4v) is 5.22. The lowest BCUT2D eigenvalue weighted by molar-refractivity contribution is 0.00446. The Hall–Kier alpha value is -2.95. The molecule has 2 saturated carbocycles. The quantitative estimate of drug-likeness (QED) is 0.250. The smallest absolute Gasteiger partial charge is 0.224 e. The van der Waals surface area contributed by atoms with Crippen LogP contribution in [0.1, 0.15) is 57.3 Å². The molecule has 4 atom stereocenters. The maximum atomic E-state index is 10.7. The first-order valence-corrected chi connectivity index (χ1v) is 13.7. The minimum absolute atomic E-state index is 0.101. The van der Waals surface area contributed by atoms with E-state index in [1.807, 2.05) is 26.0 Å². The zero-order valence-corrected chi connectivity index (χ0v) is 22.6. The molecule has 0 aromatic carbocycles. The Balaban J connectivity index is 1.52. The van der Waals surface area contributed by atoms with Crippen LogP contribution >= 0.6 is 0 Å². The van der Waals surface area contributed by atoms with Crippen LogP contribution in [0.15, 0.2) is 16.5 Å². The number of aryl methyl sites for hydroxylation is 2. The number of ether oxygens (including phenoxy) is 1. The Morgan fingerprint density at radius 1 is 1.05 bits per heavy atom. The molecular weight excluding hydrogens is 486 g/mol. The number of rotatable bonds is 11. The average molecular weight is 526 g/mol. The van der Waals surface area contributed by atoms with Crippen LogP contribution in [-0.2, 0) is 0 Å². The van der Waals surface area contributed by atoms with E-state index in [0.29, 0.717) is 52.6 Å². The zero-order chi connectivity index (χ0) is 27.0. The number of nitrogens with one attached hydrogen (secondary N) is 2. The first-order valence-electron chi connectivity index (χ1n) is 13.7. The lowest BCUT2D eigenvalue weighted by Crippen LogP contribution is -2.35. The number of aliphatic hydroxyl groups excluding tert-OH is 3. The summed E-state index contributed by atoms with van der Waals surface area (Å²) in [5.41, 5.74) is 2.78. The summed E-state index contributed by atoms with van der Waals surface area (Å²) in [7, 11) is 0. The fourth-order valence-electron chi connectivity index (χ4n) is 5.22. The van der Waals surface area contributed by atoms with Gasteiger partial charge in [-0.15, -0.1) is 0 Å². The number of hydrogen-bond acceptors (Lipinski definition) is 10. The Morgan fingerprint density at radius 3 is 2.47 bits per heavy atom. The highest BCUT2D eigenvalue weighted by Gasteiger charge is 2.41.